The number of carboxylic acid groups (broad SMARTS) is 1. The van der Waals surface area contributed by atoms with Gasteiger partial charge in [0, 0.05) is 5.56 Å². The fourth-order valence-electron chi connectivity index (χ4n) is 1.70. The van der Waals surface area contributed by atoms with Crippen LogP contribution in [0.4, 0.5) is 0 Å². The van der Waals surface area contributed by atoms with Gasteiger partial charge in [-0.2, -0.15) is 0 Å². The molecule has 1 aromatic heterocycles. The van der Waals surface area contributed by atoms with Gasteiger partial charge in [-0.1, -0.05) is 6.07 Å². The number of ether oxygens (including phenoxy) is 1. The molecule has 1 N–H and O–H groups in total. The molecule has 2 rings (SSSR count). The van der Waals surface area contributed by atoms with Gasteiger partial charge in [-0.05, 0) is 53.5 Å². The molecule has 0 spiro atoms. The van der Waals surface area contributed by atoms with Crippen LogP contribution in [-0.2, 0) is 6.61 Å². The van der Waals surface area contributed by atoms with Crippen molar-refractivity contribution >= 4 is 21.9 Å². The zero-order chi connectivity index (χ0) is 14.0. The van der Waals surface area contributed by atoms with Crippen LogP contribution in [0.25, 0.3) is 0 Å². The Balaban J connectivity index is 2.10. The van der Waals surface area contributed by atoms with Gasteiger partial charge in [-0.3, -0.25) is 0 Å². The van der Waals surface area contributed by atoms with Gasteiger partial charge in [0.25, 0.3) is 0 Å². The van der Waals surface area contributed by atoms with Crippen LogP contribution >= 0.6 is 15.9 Å². The van der Waals surface area contributed by atoms with Crippen molar-refractivity contribution in [2.75, 3.05) is 0 Å². The van der Waals surface area contributed by atoms with Crippen LogP contribution in [0.2, 0.25) is 0 Å². The Kier molecular flexibility index (Phi) is 3.95. The fourth-order valence-corrected chi connectivity index (χ4v) is 2.31. The first kappa shape index (κ1) is 13.7. The molecule has 19 heavy (non-hydrogen) atoms. The lowest BCUT2D eigenvalue weighted by atomic mass is 10.2. The van der Waals surface area contributed by atoms with Crippen molar-refractivity contribution in [3.63, 3.8) is 0 Å². The van der Waals surface area contributed by atoms with E-state index in [9.17, 15) is 4.79 Å². The minimum absolute atomic E-state index is 0.0402. The van der Waals surface area contributed by atoms with Crippen molar-refractivity contribution in [3.05, 3.63) is 51.4 Å². The van der Waals surface area contributed by atoms with Gasteiger partial charge < -0.3 is 14.3 Å². The molecule has 0 unspecified atom stereocenters. The first-order chi connectivity index (χ1) is 8.97. The Hall–Kier alpha value is -1.75. The van der Waals surface area contributed by atoms with E-state index in [-0.39, 0.29) is 12.4 Å². The zero-order valence-electron chi connectivity index (χ0n) is 10.6. The summed E-state index contributed by atoms with van der Waals surface area (Å²) in [5.41, 5.74) is 1.72. The van der Waals surface area contributed by atoms with E-state index >= 15 is 0 Å². The molecule has 0 atom stereocenters. The van der Waals surface area contributed by atoms with Gasteiger partial charge in [0.15, 0.2) is 0 Å². The maximum atomic E-state index is 10.9. The second-order valence-corrected chi connectivity index (χ2v) is 5.11. The second-order valence-electron chi connectivity index (χ2n) is 4.25. The molecule has 0 aliphatic heterocycles. The Morgan fingerprint density at radius 1 is 1.37 bits per heavy atom. The summed E-state index contributed by atoms with van der Waals surface area (Å²) in [6, 6.07) is 7.42. The summed E-state index contributed by atoms with van der Waals surface area (Å²) in [5.74, 6) is 0.0701. The summed E-state index contributed by atoms with van der Waals surface area (Å²) >= 11 is 3.41. The average molecular weight is 325 g/mol. The Morgan fingerprint density at radius 2 is 2.11 bits per heavy atom. The van der Waals surface area contributed by atoms with Gasteiger partial charge in [0.1, 0.15) is 18.1 Å². The number of furan rings is 1. The van der Waals surface area contributed by atoms with E-state index in [1.807, 2.05) is 25.1 Å². The van der Waals surface area contributed by atoms with Crippen LogP contribution in [0.5, 0.6) is 5.75 Å². The topological polar surface area (TPSA) is 59.7 Å². The predicted molar refractivity (Wildman–Crippen MR) is 73.6 cm³/mol. The lowest BCUT2D eigenvalue weighted by Gasteiger charge is -2.07. The maximum Gasteiger partial charge on any atom is 0.372 e. The fraction of sp³-hybridized carbons (Fsp3) is 0.214. The molecule has 1 aromatic carbocycles. The molecule has 0 saturated carbocycles. The van der Waals surface area contributed by atoms with Crippen LogP contribution < -0.4 is 4.74 Å². The third kappa shape index (κ3) is 3.17. The van der Waals surface area contributed by atoms with E-state index in [1.165, 1.54) is 0 Å². The van der Waals surface area contributed by atoms with Crippen LogP contribution in [0.3, 0.4) is 0 Å². The SMILES string of the molecule is Cc1ccc(OCc2cc(C)c(C(=O)O)o2)c(Br)c1. The molecule has 2 aromatic rings. The highest BCUT2D eigenvalue weighted by molar-refractivity contribution is 9.10. The molecule has 0 saturated heterocycles. The minimum Gasteiger partial charge on any atom is -0.484 e. The van der Waals surface area contributed by atoms with Gasteiger partial charge in [-0.25, -0.2) is 4.79 Å². The lowest BCUT2D eigenvalue weighted by Crippen LogP contribution is -1.96. The summed E-state index contributed by atoms with van der Waals surface area (Å²) in [6.07, 6.45) is 0. The normalized spacial score (nSPS) is 10.5. The Labute approximate surface area is 119 Å². The molecule has 0 aliphatic rings. The van der Waals surface area contributed by atoms with Gasteiger partial charge in [0.05, 0.1) is 4.47 Å². The van der Waals surface area contributed by atoms with Gasteiger partial charge in [0.2, 0.25) is 5.76 Å². The third-order valence-electron chi connectivity index (χ3n) is 2.62. The molecule has 0 radical (unpaired) electrons. The standard InChI is InChI=1S/C14H13BrO4/c1-8-3-4-12(11(15)5-8)18-7-10-6-9(2)13(19-10)14(16)17/h3-6H,7H2,1-2H3,(H,16,17). The van der Waals surface area contributed by atoms with Crippen LogP contribution in [0, 0.1) is 13.8 Å². The second kappa shape index (κ2) is 5.48. The quantitative estimate of drug-likeness (QED) is 0.925. The number of aromatic carboxylic acids is 1. The first-order valence-electron chi connectivity index (χ1n) is 5.69. The first-order valence-corrected chi connectivity index (χ1v) is 6.48. The molecule has 0 aliphatic carbocycles. The summed E-state index contributed by atoms with van der Waals surface area (Å²) in [6.45, 7) is 3.87. The van der Waals surface area contributed by atoms with Crippen LogP contribution in [0.1, 0.15) is 27.4 Å². The molecular weight excluding hydrogens is 312 g/mol. The number of benzene rings is 1. The molecule has 0 fully saturated rings. The van der Waals surface area contributed by atoms with Crippen molar-refractivity contribution in [1.82, 2.24) is 0 Å². The molecule has 0 bridgehead atoms. The van der Waals surface area contributed by atoms with E-state index in [0.717, 1.165) is 10.0 Å². The zero-order valence-corrected chi connectivity index (χ0v) is 12.2. The Bertz CT molecular complexity index is 616. The van der Waals surface area contributed by atoms with Crippen molar-refractivity contribution in [3.8, 4) is 5.75 Å². The summed E-state index contributed by atoms with van der Waals surface area (Å²) < 4.78 is 11.7. The maximum absolute atomic E-state index is 10.9. The monoisotopic (exact) mass is 324 g/mol. The Morgan fingerprint density at radius 3 is 2.68 bits per heavy atom. The molecule has 1 heterocycles. The van der Waals surface area contributed by atoms with E-state index in [1.54, 1.807) is 13.0 Å². The smallest absolute Gasteiger partial charge is 0.372 e. The number of rotatable bonds is 4. The van der Waals surface area contributed by atoms with Crippen molar-refractivity contribution in [1.29, 1.82) is 0 Å². The van der Waals surface area contributed by atoms with Crippen molar-refractivity contribution in [2.45, 2.75) is 20.5 Å². The molecule has 5 heteroatoms. The number of hydrogen-bond donors (Lipinski definition) is 1. The van der Waals surface area contributed by atoms with Crippen molar-refractivity contribution in [2.24, 2.45) is 0 Å². The van der Waals surface area contributed by atoms with E-state index < -0.39 is 5.97 Å². The molecule has 100 valence electrons. The van der Waals surface area contributed by atoms with Gasteiger partial charge in [-0.15, -0.1) is 0 Å². The van der Waals surface area contributed by atoms with Gasteiger partial charge >= 0.3 is 5.97 Å². The largest absolute Gasteiger partial charge is 0.484 e. The van der Waals surface area contributed by atoms with Crippen molar-refractivity contribution < 1.29 is 19.1 Å². The summed E-state index contributed by atoms with van der Waals surface area (Å²) in [7, 11) is 0. The average Bonchev–Trinajstić information content (AvgIpc) is 2.69. The highest BCUT2D eigenvalue weighted by Gasteiger charge is 2.14. The summed E-state index contributed by atoms with van der Waals surface area (Å²) in [5, 5.41) is 8.90. The van der Waals surface area contributed by atoms with Crippen LogP contribution in [-0.4, -0.2) is 11.1 Å². The molecule has 4 nitrogen and oxygen atoms in total. The highest BCUT2D eigenvalue weighted by atomic mass is 79.9. The number of carboxylic acids is 1. The minimum atomic E-state index is -1.07. The molecular formula is C14H13BrO4. The van der Waals surface area contributed by atoms with E-state index in [4.69, 9.17) is 14.3 Å². The predicted octanol–water partition coefficient (Wildman–Crippen LogP) is 3.94. The van der Waals surface area contributed by atoms with E-state index in [0.29, 0.717) is 17.1 Å². The lowest BCUT2D eigenvalue weighted by molar-refractivity contribution is 0.0657. The number of aryl methyl sites for hydroxylation is 2. The van der Waals surface area contributed by atoms with E-state index in [2.05, 4.69) is 15.9 Å². The number of hydrogen-bond acceptors (Lipinski definition) is 3. The highest BCUT2D eigenvalue weighted by Crippen LogP contribution is 2.27. The third-order valence-corrected chi connectivity index (χ3v) is 3.24. The number of carbonyl (C=O) groups is 1. The molecule has 0 amide bonds. The number of halogens is 1. The van der Waals surface area contributed by atoms with Crippen LogP contribution in [0.15, 0.2) is 33.2 Å². The summed E-state index contributed by atoms with van der Waals surface area (Å²) in [4.78, 5) is 10.9.